The maximum Gasteiger partial charge on any atom is 0.573 e. The Bertz CT molecular complexity index is 1220. The van der Waals surface area contributed by atoms with Crippen molar-refractivity contribution in [2.45, 2.75) is 64.7 Å². The standard InChI is InChI=1S/C28H27F3N2O5/c1-3-4-5-6-18-7-9-19(10-8-18)27(35)37-24-16-15-23(22(17-32)25(24)33-2)36-26(34)20-11-13-21(14-12-20)38-28(29,30)31/h11-16,18-19H,3-10H2,1H3. The summed E-state index contributed by atoms with van der Waals surface area (Å²) >= 11 is 0. The third kappa shape index (κ3) is 7.72. The minimum Gasteiger partial charge on any atom is -0.438 e. The van der Waals surface area contributed by atoms with E-state index >= 15 is 0 Å². The lowest BCUT2D eigenvalue weighted by molar-refractivity contribution is -0.274. The van der Waals surface area contributed by atoms with Crippen molar-refractivity contribution in [3.63, 3.8) is 0 Å². The van der Waals surface area contributed by atoms with Gasteiger partial charge in [-0.15, -0.1) is 13.2 Å². The molecule has 1 saturated carbocycles. The van der Waals surface area contributed by atoms with E-state index in [1.165, 1.54) is 31.4 Å². The minimum atomic E-state index is -4.88. The summed E-state index contributed by atoms with van der Waals surface area (Å²) in [7, 11) is 0. The van der Waals surface area contributed by atoms with E-state index in [-0.39, 0.29) is 34.2 Å². The first-order valence-corrected chi connectivity index (χ1v) is 12.4. The molecule has 200 valence electrons. The smallest absolute Gasteiger partial charge is 0.438 e. The highest BCUT2D eigenvalue weighted by molar-refractivity contribution is 5.92. The number of unbranched alkanes of at least 4 members (excludes halogenated alkanes) is 2. The van der Waals surface area contributed by atoms with Crippen molar-refractivity contribution in [2.24, 2.45) is 11.8 Å². The predicted molar refractivity (Wildman–Crippen MR) is 131 cm³/mol. The van der Waals surface area contributed by atoms with Crippen LogP contribution < -0.4 is 14.2 Å². The first kappa shape index (κ1) is 28.5. The summed E-state index contributed by atoms with van der Waals surface area (Å²) in [5.74, 6) is -1.96. The van der Waals surface area contributed by atoms with Crippen molar-refractivity contribution in [1.29, 1.82) is 5.26 Å². The fourth-order valence-corrected chi connectivity index (χ4v) is 4.45. The van der Waals surface area contributed by atoms with E-state index in [9.17, 15) is 28.0 Å². The number of ether oxygens (including phenoxy) is 3. The second-order valence-corrected chi connectivity index (χ2v) is 9.11. The van der Waals surface area contributed by atoms with Crippen LogP contribution in [0.1, 0.15) is 74.2 Å². The lowest BCUT2D eigenvalue weighted by atomic mass is 9.80. The van der Waals surface area contributed by atoms with Crippen LogP contribution >= 0.6 is 0 Å². The van der Waals surface area contributed by atoms with Gasteiger partial charge in [0.1, 0.15) is 22.8 Å². The predicted octanol–water partition coefficient (Wildman–Crippen LogP) is 7.52. The topological polar surface area (TPSA) is 90.0 Å². The number of carbonyl (C=O) groups excluding carboxylic acids is 2. The number of rotatable bonds is 9. The summed E-state index contributed by atoms with van der Waals surface area (Å²) in [5, 5.41) is 9.64. The van der Waals surface area contributed by atoms with Crippen molar-refractivity contribution in [3.05, 3.63) is 58.9 Å². The van der Waals surface area contributed by atoms with Gasteiger partial charge in [0.2, 0.25) is 5.69 Å². The molecule has 0 heterocycles. The van der Waals surface area contributed by atoms with Gasteiger partial charge in [0.25, 0.3) is 0 Å². The molecule has 10 heteroatoms. The molecular formula is C28H27F3N2O5. The highest BCUT2D eigenvalue weighted by Gasteiger charge is 2.31. The summed E-state index contributed by atoms with van der Waals surface area (Å²) < 4.78 is 51.5. The van der Waals surface area contributed by atoms with Gasteiger partial charge in [-0.25, -0.2) is 9.64 Å². The van der Waals surface area contributed by atoms with Gasteiger partial charge in [-0.3, -0.25) is 4.79 Å². The highest BCUT2D eigenvalue weighted by Crippen LogP contribution is 2.39. The van der Waals surface area contributed by atoms with Crippen molar-refractivity contribution in [3.8, 4) is 23.3 Å². The van der Waals surface area contributed by atoms with E-state index < -0.39 is 24.1 Å². The molecule has 0 amide bonds. The lowest BCUT2D eigenvalue weighted by Gasteiger charge is -2.27. The number of carbonyl (C=O) groups is 2. The van der Waals surface area contributed by atoms with Crippen LogP contribution in [-0.2, 0) is 4.79 Å². The number of nitriles is 1. The first-order valence-electron chi connectivity index (χ1n) is 12.4. The van der Waals surface area contributed by atoms with Gasteiger partial charge in [-0.05, 0) is 68.0 Å². The van der Waals surface area contributed by atoms with E-state index in [2.05, 4.69) is 16.5 Å². The van der Waals surface area contributed by atoms with Gasteiger partial charge in [-0.2, -0.15) is 5.26 Å². The zero-order valence-corrected chi connectivity index (χ0v) is 20.8. The fourth-order valence-electron chi connectivity index (χ4n) is 4.45. The second-order valence-electron chi connectivity index (χ2n) is 9.11. The van der Waals surface area contributed by atoms with Gasteiger partial charge >= 0.3 is 18.3 Å². The third-order valence-electron chi connectivity index (χ3n) is 6.46. The molecule has 0 N–H and O–H groups in total. The maximum absolute atomic E-state index is 12.8. The molecule has 0 spiro atoms. The van der Waals surface area contributed by atoms with Crippen molar-refractivity contribution >= 4 is 17.6 Å². The van der Waals surface area contributed by atoms with Crippen LogP contribution in [0.5, 0.6) is 17.2 Å². The third-order valence-corrected chi connectivity index (χ3v) is 6.46. The lowest BCUT2D eigenvalue weighted by Crippen LogP contribution is -2.25. The van der Waals surface area contributed by atoms with Crippen LogP contribution in [0.3, 0.4) is 0 Å². The molecule has 0 radical (unpaired) electrons. The SMILES string of the molecule is [C-]#[N+]c1c(OC(=O)C2CCC(CCCCC)CC2)ccc(OC(=O)c2ccc(OC(F)(F)F)cc2)c1C#N. The van der Waals surface area contributed by atoms with Gasteiger partial charge in [0.05, 0.1) is 24.1 Å². The first-order chi connectivity index (χ1) is 18.1. The summed E-state index contributed by atoms with van der Waals surface area (Å²) in [5.41, 5.74) is -0.669. The molecule has 1 fully saturated rings. The molecule has 0 atom stereocenters. The molecule has 1 aliphatic rings. The van der Waals surface area contributed by atoms with Crippen LogP contribution in [0.4, 0.5) is 18.9 Å². The average Bonchev–Trinajstić information content (AvgIpc) is 2.89. The molecule has 7 nitrogen and oxygen atoms in total. The fraction of sp³-hybridized carbons (Fsp3) is 0.429. The Hall–Kier alpha value is -4.05. The molecule has 2 aromatic rings. The maximum atomic E-state index is 12.8. The number of nitrogens with zero attached hydrogens (tertiary/aromatic N) is 2. The summed E-state index contributed by atoms with van der Waals surface area (Å²) in [6.07, 6.45) is 3.15. The molecule has 0 aliphatic heterocycles. The zero-order chi connectivity index (χ0) is 27.7. The highest BCUT2D eigenvalue weighted by atomic mass is 19.4. The Morgan fingerprint density at radius 2 is 1.68 bits per heavy atom. The number of hydrogen-bond donors (Lipinski definition) is 0. The summed E-state index contributed by atoms with van der Waals surface area (Å²) in [6, 6.07) is 8.35. The Balaban J connectivity index is 1.67. The Morgan fingerprint density at radius 1 is 1.03 bits per heavy atom. The Labute approximate surface area is 218 Å². The number of hydrogen-bond acceptors (Lipinski definition) is 6. The molecule has 0 aromatic heterocycles. The molecule has 38 heavy (non-hydrogen) atoms. The van der Waals surface area contributed by atoms with Crippen LogP contribution in [0.15, 0.2) is 36.4 Å². The Kier molecular flexibility index (Phi) is 9.72. The minimum absolute atomic E-state index is 0.0972. The van der Waals surface area contributed by atoms with Crippen LogP contribution in [-0.4, -0.2) is 18.3 Å². The Morgan fingerprint density at radius 3 is 2.26 bits per heavy atom. The van der Waals surface area contributed by atoms with Crippen LogP contribution in [0.25, 0.3) is 4.85 Å². The van der Waals surface area contributed by atoms with Crippen molar-refractivity contribution < 1.29 is 37.0 Å². The molecule has 0 bridgehead atoms. The molecule has 2 aromatic carbocycles. The number of benzene rings is 2. The molecule has 0 saturated heterocycles. The molecule has 1 aliphatic carbocycles. The van der Waals surface area contributed by atoms with Crippen LogP contribution in [0.2, 0.25) is 0 Å². The normalized spacial score (nSPS) is 17.1. The van der Waals surface area contributed by atoms with Crippen molar-refractivity contribution in [1.82, 2.24) is 0 Å². The molecule has 0 unspecified atom stereocenters. The van der Waals surface area contributed by atoms with Gasteiger partial charge < -0.3 is 14.2 Å². The molecule has 3 rings (SSSR count). The van der Waals surface area contributed by atoms with Gasteiger partial charge in [0, 0.05) is 0 Å². The van der Waals surface area contributed by atoms with Gasteiger partial charge in [0.15, 0.2) is 0 Å². The van der Waals surface area contributed by atoms with E-state index in [1.807, 2.05) is 0 Å². The second kappa shape index (κ2) is 13.0. The summed E-state index contributed by atoms with van der Waals surface area (Å²) in [6.45, 7) is 9.66. The van der Waals surface area contributed by atoms with E-state index in [1.54, 1.807) is 6.07 Å². The van der Waals surface area contributed by atoms with E-state index in [4.69, 9.17) is 16.0 Å². The summed E-state index contributed by atoms with van der Waals surface area (Å²) in [4.78, 5) is 28.6. The van der Waals surface area contributed by atoms with Gasteiger partial charge in [-0.1, -0.05) is 32.6 Å². The quantitative estimate of drug-likeness (QED) is 0.145. The number of alkyl halides is 3. The number of esters is 2. The monoisotopic (exact) mass is 528 g/mol. The van der Waals surface area contributed by atoms with E-state index in [0.29, 0.717) is 18.8 Å². The number of halogens is 3. The largest absolute Gasteiger partial charge is 0.573 e. The zero-order valence-electron chi connectivity index (χ0n) is 20.8. The van der Waals surface area contributed by atoms with Crippen LogP contribution in [0, 0.1) is 29.7 Å². The van der Waals surface area contributed by atoms with Crippen molar-refractivity contribution in [2.75, 3.05) is 0 Å². The molecular weight excluding hydrogens is 501 g/mol. The average molecular weight is 529 g/mol. The van der Waals surface area contributed by atoms with E-state index in [0.717, 1.165) is 43.5 Å².